The van der Waals surface area contributed by atoms with Crippen molar-refractivity contribution in [1.82, 2.24) is 4.57 Å². The van der Waals surface area contributed by atoms with Crippen LogP contribution < -0.4 is 4.80 Å². The Labute approximate surface area is 169 Å². The van der Waals surface area contributed by atoms with Gasteiger partial charge >= 0.3 is 0 Å². The van der Waals surface area contributed by atoms with Crippen molar-refractivity contribution in [2.75, 3.05) is 5.75 Å². The van der Waals surface area contributed by atoms with E-state index >= 15 is 0 Å². The van der Waals surface area contributed by atoms with Crippen molar-refractivity contribution < 1.29 is 13.2 Å². The molecule has 0 atom stereocenters. The SMILES string of the molecule is Cc1ccc2sc(=NC(=O)CCCS(=O)(=O)Cc3ccccc3)n(C)c2c1C. The predicted octanol–water partition coefficient (Wildman–Crippen LogP) is 3.68. The summed E-state index contributed by atoms with van der Waals surface area (Å²) in [6.45, 7) is 4.12. The number of aromatic nitrogens is 1. The van der Waals surface area contributed by atoms with Gasteiger partial charge in [0.2, 0.25) is 5.91 Å². The fraction of sp³-hybridized carbons (Fsp3) is 0.333. The molecule has 148 valence electrons. The number of hydrogen-bond acceptors (Lipinski definition) is 4. The lowest BCUT2D eigenvalue weighted by molar-refractivity contribution is -0.118. The van der Waals surface area contributed by atoms with E-state index in [9.17, 15) is 13.2 Å². The number of hydrogen-bond donors (Lipinski definition) is 0. The quantitative estimate of drug-likeness (QED) is 0.616. The Balaban J connectivity index is 1.67. The fourth-order valence-corrected chi connectivity index (χ4v) is 5.67. The predicted molar refractivity (Wildman–Crippen MR) is 114 cm³/mol. The summed E-state index contributed by atoms with van der Waals surface area (Å²) in [5, 5.41) is 0. The van der Waals surface area contributed by atoms with E-state index < -0.39 is 9.84 Å². The minimum Gasteiger partial charge on any atom is -0.319 e. The molecule has 0 aliphatic heterocycles. The summed E-state index contributed by atoms with van der Waals surface area (Å²) in [4.78, 5) is 17.1. The highest BCUT2D eigenvalue weighted by atomic mass is 32.2. The van der Waals surface area contributed by atoms with E-state index in [-0.39, 0.29) is 30.3 Å². The normalized spacial score (nSPS) is 12.6. The van der Waals surface area contributed by atoms with Crippen molar-refractivity contribution in [2.24, 2.45) is 12.0 Å². The zero-order valence-corrected chi connectivity index (χ0v) is 17.9. The van der Waals surface area contributed by atoms with Crippen LogP contribution in [0.2, 0.25) is 0 Å². The molecule has 2 aromatic carbocycles. The van der Waals surface area contributed by atoms with Gasteiger partial charge in [0.15, 0.2) is 14.6 Å². The Kier molecular flexibility index (Phi) is 6.15. The number of fused-ring (bicyclic) bond motifs is 1. The van der Waals surface area contributed by atoms with Gasteiger partial charge in [0.1, 0.15) is 0 Å². The van der Waals surface area contributed by atoms with Crippen molar-refractivity contribution >= 4 is 37.3 Å². The Hall–Kier alpha value is -2.25. The third-order valence-corrected chi connectivity index (χ3v) is 7.57. The maximum atomic E-state index is 12.3. The van der Waals surface area contributed by atoms with Crippen LogP contribution in [0.15, 0.2) is 47.5 Å². The Morgan fingerprint density at radius 2 is 1.82 bits per heavy atom. The molecule has 28 heavy (non-hydrogen) atoms. The third kappa shape index (κ3) is 4.77. The number of nitrogens with zero attached hydrogens (tertiary/aromatic N) is 2. The molecule has 0 aliphatic carbocycles. The standard InChI is InChI=1S/C21H24N2O3S2/c1-15-11-12-18-20(16(15)2)23(3)21(27-18)22-19(24)10-7-13-28(25,26)14-17-8-5-4-6-9-17/h4-6,8-9,11-12H,7,10,13-14H2,1-3H3. The Bertz CT molecular complexity index is 1170. The first-order chi connectivity index (χ1) is 13.3. The van der Waals surface area contributed by atoms with Crippen LogP contribution in [0.3, 0.4) is 0 Å². The maximum Gasteiger partial charge on any atom is 0.248 e. The number of sulfone groups is 1. The van der Waals surface area contributed by atoms with Crippen molar-refractivity contribution in [3.63, 3.8) is 0 Å². The summed E-state index contributed by atoms with van der Waals surface area (Å²) in [5.41, 5.74) is 4.23. The second-order valence-corrected chi connectivity index (χ2v) is 10.2. The molecule has 1 aromatic heterocycles. The summed E-state index contributed by atoms with van der Waals surface area (Å²) < 4.78 is 27.5. The summed E-state index contributed by atoms with van der Waals surface area (Å²) in [5.74, 6) is -0.297. The summed E-state index contributed by atoms with van der Waals surface area (Å²) in [6, 6.07) is 13.2. The van der Waals surface area contributed by atoms with Crippen LogP contribution in [0.5, 0.6) is 0 Å². The lowest BCUT2D eigenvalue weighted by Crippen LogP contribution is -2.15. The molecule has 3 aromatic rings. The molecule has 5 nitrogen and oxygen atoms in total. The van der Waals surface area contributed by atoms with Gasteiger partial charge in [-0.3, -0.25) is 4.79 Å². The number of aryl methyl sites for hydroxylation is 3. The molecular formula is C21H24N2O3S2. The number of rotatable bonds is 6. The molecule has 0 saturated carbocycles. The molecule has 7 heteroatoms. The Morgan fingerprint density at radius 1 is 1.11 bits per heavy atom. The summed E-state index contributed by atoms with van der Waals surface area (Å²) in [6.07, 6.45) is 0.407. The van der Waals surface area contributed by atoms with Gasteiger partial charge in [0.05, 0.1) is 21.7 Å². The highest BCUT2D eigenvalue weighted by Gasteiger charge is 2.13. The van der Waals surface area contributed by atoms with E-state index in [0.717, 1.165) is 15.8 Å². The highest BCUT2D eigenvalue weighted by molar-refractivity contribution is 7.90. The molecular weight excluding hydrogens is 392 g/mol. The average molecular weight is 417 g/mol. The van der Waals surface area contributed by atoms with Gasteiger partial charge in [-0.2, -0.15) is 4.99 Å². The van der Waals surface area contributed by atoms with Crippen LogP contribution in [0.1, 0.15) is 29.5 Å². The summed E-state index contributed by atoms with van der Waals surface area (Å²) >= 11 is 1.47. The minimum atomic E-state index is -3.24. The van der Waals surface area contributed by atoms with Gasteiger partial charge in [-0.25, -0.2) is 8.42 Å². The molecule has 1 heterocycles. The molecule has 0 radical (unpaired) electrons. The molecule has 0 spiro atoms. The van der Waals surface area contributed by atoms with Crippen LogP contribution in [-0.4, -0.2) is 24.6 Å². The molecule has 0 aliphatic rings. The first kappa shape index (κ1) is 20.5. The number of carbonyl (C=O) groups excluding carboxylic acids is 1. The molecule has 0 saturated heterocycles. The van der Waals surface area contributed by atoms with Crippen LogP contribution in [0, 0.1) is 13.8 Å². The van der Waals surface area contributed by atoms with E-state index in [0.29, 0.717) is 4.80 Å². The molecule has 1 amide bonds. The van der Waals surface area contributed by atoms with Crippen molar-refractivity contribution in [3.8, 4) is 0 Å². The van der Waals surface area contributed by atoms with Gasteiger partial charge < -0.3 is 4.57 Å². The van der Waals surface area contributed by atoms with Gasteiger partial charge in [0, 0.05) is 13.5 Å². The van der Waals surface area contributed by atoms with Crippen LogP contribution >= 0.6 is 11.3 Å². The molecule has 0 fully saturated rings. The molecule has 0 bridgehead atoms. The smallest absolute Gasteiger partial charge is 0.248 e. The molecule has 0 unspecified atom stereocenters. The zero-order valence-electron chi connectivity index (χ0n) is 16.3. The van der Waals surface area contributed by atoms with Crippen molar-refractivity contribution in [1.29, 1.82) is 0 Å². The topological polar surface area (TPSA) is 68.5 Å². The third-order valence-electron chi connectivity index (χ3n) is 4.78. The van der Waals surface area contributed by atoms with E-state index in [1.54, 1.807) is 12.1 Å². The molecule has 3 rings (SSSR count). The number of thiazole rings is 1. The van der Waals surface area contributed by atoms with E-state index in [4.69, 9.17) is 0 Å². The lowest BCUT2D eigenvalue weighted by Gasteiger charge is -2.04. The van der Waals surface area contributed by atoms with Crippen LogP contribution in [-0.2, 0) is 27.4 Å². The van der Waals surface area contributed by atoms with E-state index in [2.05, 4.69) is 24.9 Å². The van der Waals surface area contributed by atoms with E-state index in [1.807, 2.05) is 35.9 Å². The number of benzene rings is 2. The van der Waals surface area contributed by atoms with Crippen LogP contribution in [0.4, 0.5) is 0 Å². The first-order valence-corrected chi connectivity index (χ1v) is 11.8. The highest BCUT2D eigenvalue weighted by Crippen LogP contribution is 2.23. The monoisotopic (exact) mass is 416 g/mol. The maximum absolute atomic E-state index is 12.3. The second kappa shape index (κ2) is 8.41. The minimum absolute atomic E-state index is 0.00305. The lowest BCUT2D eigenvalue weighted by atomic mass is 10.1. The van der Waals surface area contributed by atoms with Crippen LogP contribution in [0.25, 0.3) is 10.2 Å². The summed E-state index contributed by atoms with van der Waals surface area (Å²) in [7, 11) is -1.33. The number of carbonyl (C=O) groups is 1. The van der Waals surface area contributed by atoms with E-state index in [1.165, 1.54) is 22.5 Å². The van der Waals surface area contributed by atoms with Gasteiger partial charge in [-0.1, -0.05) is 47.7 Å². The second-order valence-electron chi connectivity index (χ2n) is 6.98. The largest absolute Gasteiger partial charge is 0.319 e. The number of amides is 1. The Morgan fingerprint density at radius 3 is 2.54 bits per heavy atom. The van der Waals surface area contributed by atoms with Gasteiger partial charge in [-0.05, 0) is 43.0 Å². The zero-order chi connectivity index (χ0) is 20.3. The van der Waals surface area contributed by atoms with Crippen molar-refractivity contribution in [2.45, 2.75) is 32.4 Å². The first-order valence-electron chi connectivity index (χ1n) is 9.14. The fourth-order valence-electron chi connectivity index (χ4n) is 3.14. The van der Waals surface area contributed by atoms with Crippen molar-refractivity contribution in [3.05, 3.63) is 64.0 Å². The van der Waals surface area contributed by atoms with Gasteiger partial charge in [-0.15, -0.1) is 0 Å². The molecule has 0 N–H and O–H groups in total. The van der Waals surface area contributed by atoms with Gasteiger partial charge in [0.25, 0.3) is 0 Å². The average Bonchev–Trinajstić information content (AvgIpc) is 2.95.